The third-order valence-corrected chi connectivity index (χ3v) is 5.93. The van der Waals surface area contributed by atoms with Gasteiger partial charge in [-0.1, -0.05) is 6.07 Å². The molecule has 8 heteroatoms. The normalized spacial score (nSPS) is 16.5. The van der Waals surface area contributed by atoms with Crippen molar-refractivity contribution in [3.8, 4) is 5.75 Å². The SMILES string of the molecule is COc1cc(C(=O)N2CCN(C(=O)c3ccc(N4C(=O)CCC4=O)cc3)CC2)ccc1C. The molecule has 8 nitrogen and oxygen atoms in total. The smallest absolute Gasteiger partial charge is 0.254 e. The molecular weight excluding hydrogens is 410 g/mol. The molecule has 4 rings (SSSR count). The number of ether oxygens (including phenoxy) is 1. The van der Waals surface area contributed by atoms with E-state index in [0.717, 1.165) is 5.56 Å². The Balaban J connectivity index is 1.38. The fourth-order valence-electron chi connectivity index (χ4n) is 4.05. The van der Waals surface area contributed by atoms with E-state index in [1.165, 1.54) is 4.90 Å². The average molecular weight is 435 g/mol. The van der Waals surface area contributed by atoms with Gasteiger partial charge in [-0.15, -0.1) is 0 Å². The summed E-state index contributed by atoms with van der Waals surface area (Å²) in [6.45, 7) is 3.66. The summed E-state index contributed by atoms with van der Waals surface area (Å²) in [5.74, 6) is 0.00648. The standard InChI is InChI=1S/C24H25N3O5/c1-16-3-4-18(15-20(16)32-2)24(31)26-13-11-25(12-14-26)23(30)17-5-7-19(8-6-17)27-21(28)9-10-22(27)29/h3-8,15H,9-14H2,1-2H3. The average Bonchev–Trinajstić information content (AvgIpc) is 3.16. The molecule has 2 saturated heterocycles. The van der Waals surface area contributed by atoms with Crippen LogP contribution in [0.3, 0.4) is 0 Å². The van der Waals surface area contributed by atoms with Gasteiger partial charge in [0.25, 0.3) is 11.8 Å². The Hall–Kier alpha value is -3.68. The lowest BCUT2D eigenvalue weighted by atomic mass is 10.1. The van der Waals surface area contributed by atoms with Gasteiger partial charge in [-0.25, -0.2) is 0 Å². The van der Waals surface area contributed by atoms with Crippen LogP contribution in [-0.4, -0.2) is 66.7 Å². The largest absolute Gasteiger partial charge is 0.496 e. The molecule has 2 aromatic carbocycles. The summed E-state index contributed by atoms with van der Waals surface area (Å²) in [6.07, 6.45) is 0.440. The number of nitrogens with zero attached hydrogens (tertiary/aromatic N) is 3. The van der Waals surface area contributed by atoms with Crippen molar-refractivity contribution in [2.75, 3.05) is 38.2 Å². The van der Waals surface area contributed by atoms with Crippen molar-refractivity contribution < 1.29 is 23.9 Å². The minimum atomic E-state index is -0.221. The minimum Gasteiger partial charge on any atom is -0.496 e. The number of methoxy groups -OCH3 is 1. The zero-order chi connectivity index (χ0) is 22.8. The highest BCUT2D eigenvalue weighted by Gasteiger charge is 2.31. The highest BCUT2D eigenvalue weighted by Crippen LogP contribution is 2.24. The van der Waals surface area contributed by atoms with Gasteiger partial charge < -0.3 is 14.5 Å². The second kappa shape index (κ2) is 8.82. The molecule has 0 N–H and O–H groups in total. The van der Waals surface area contributed by atoms with Crippen LogP contribution in [0.4, 0.5) is 5.69 Å². The molecule has 2 heterocycles. The van der Waals surface area contributed by atoms with E-state index >= 15 is 0 Å². The molecule has 0 bridgehead atoms. The maximum atomic E-state index is 12.9. The molecule has 2 aliphatic rings. The Labute approximate surface area is 186 Å². The third-order valence-electron chi connectivity index (χ3n) is 5.93. The zero-order valence-electron chi connectivity index (χ0n) is 18.2. The quantitative estimate of drug-likeness (QED) is 0.688. The topological polar surface area (TPSA) is 87.2 Å². The zero-order valence-corrected chi connectivity index (χ0v) is 18.2. The van der Waals surface area contributed by atoms with E-state index in [4.69, 9.17) is 4.74 Å². The van der Waals surface area contributed by atoms with Crippen molar-refractivity contribution in [2.24, 2.45) is 0 Å². The number of benzene rings is 2. The van der Waals surface area contributed by atoms with E-state index in [2.05, 4.69) is 0 Å². The molecule has 166 valence electrons. The number of imide groups is 1. The van der Waals surface area contributed by atoms with Crippen LogP contribution in [0.15, 0.2) is 42.5 Å². The minimum absolute atomic E-state index is 0.0836. The van der Waals surface area contributed by atoms with Crippen molar-refractivity contribution in [3.63, 3.8) is 0 Å². The lowest BCUT2D eigenvalue weighted by Gasteiger charge is -2.35. The van der Waals surface area contributed by atoms with Crippen LogP contribution in [0.2, 0.25) is 0 Å². The molecule has 0 aromatic heterocycles. The highest BCUT2D eigenvalue weighted by atomic mass is 16.5. The van der Waals surface area contributed by atoms with Gasteiger partial charge in [-0.2, -0.15) is 0 Å². The van der Waals surface area contributed by atoms with Crippen molar-refractivity contribution >= 4 is 29.3 Å². The Morgan fingerprint density at radius 2 is 1.28 bits per heavy atom. The fraction of sp³-hybridized carbons (Fsp3) is 0.333. The lowest BCUT2D eigenvalue weighted by Crippen LogP contribution is -2.50. The first-order valence-electron chi connectivity index (χ1n) is 10.6. The van der Waals surface area contributed by atoms with Crippen LogP contribution < -0.4 is 9.64 Å². The molecule has 0 spiro atoms. The monoisotopic (exact) mass is 435 g/mol. The summed E-state index contributed by atoms with van der Waals surface area (Å²) >= 11 is 0. The number of piperazine rings is 1. The number of anilines is 1. The van der Waals surface area contributed by atoms with E-state index in [0.29, 0.717) is 48.7 Å². The molecular formula is C24H25N3O5. The second-order valence-electron chi connectivity index (χ2n) is 7.94. The van der Waals surface area contributed by atoms with E-state index in [1.807, 2.05) is 13.0 Å². The maximum Gasteiger partial charge on any atom is 0.254 e. The fourth-order valence-corrected chi connectivity index (χ4v) is 4.05. The first-order chi connectivity index (χ1) is 15.4. The maximum absolute atomic E-state index is 12.9. The van der Waals surface area contributed by atoms with Gasteiger partial charge in [0.05, 0.1) is 12.8 Å². The van der Waals surface area contributed by atoms with Gasteiger partial charge in [0.15, 0.2) is 0 Å². The van der Waals surface area contributed by atoms with E-state index < -0.39 is 0 Å². The molecule has 2 aliphatic heterocycles. The highest BCUT2D eigenvalue weighted by molar-refractivity contribution is 6.19. The molecule has 32 heavy (non-hydrogen) atoms. The van der Waals surface area contributed by atoms with Crippen molar-refractivity contribution in [2.45, 2.75) is 19.8 Å². The van der Waals surface area contributed by atoms with Crippen LogP contribution in [0.5, 0.6) is 5.75 Å². The van der Waals surface area contributed by atoms with E-state index in [1.54, 1.807) is 53.3 Å². The van der Waals surface area contributed by atoms with Gasteiger partial charge in [-0.05, 0) is 48.9 Å². The molecule has 2 fully saturated rings. The number of rotatable bonds is 4. The number of hydrogen-bond acceptors (Lipinski definition) is 5. The Bertz CT molecular complexity index is 1060. The van der Waals surface area contributed by atoms with Crippen molar-refractivity contribution in [3.05, 3.63) is 59.2 Å². The number of aryl methyl sites for hydroxylation is 1. The Morgan fingerprint density at radius 3 is 1.81 bits per heavy atom. The molecule has 0 aliphatic carbocycles. The van der Waals surface area contributed by atoms with Crippen molar-refractivity contribution in [1.82, 2.24) is 9.80 Å². The second-order valence-corrected chi connectivity index (χ2v) is 7.94. The van der Waals surface area contributed by atoms with Crippen LogP contribution in [0.25, 0.3) is 0 Å². The number of carbonyl (C=O) groups is 4. The summed E-state index contributed by atoms with van der Waals surface area (Å²) in [7, 11) is 1.58. The molecule has 0 radical (unpaired) electrons. The predicted octanol–water partition coefficient (Wildman–Crippen LogP) is 2.26. The molecule has 0 atom stereocenters. The summed E-state index contributed by atoms with van der Waals surface area (Å²) in [4.78, 5) is 54.1. The summed E-state index contributed by atoms with van der Waals surface area (Å²) in [5, 5.41) is 0. The lowest BCUT2D eigenvalue weighted by molar-refractivity contribution is -0.121. The van der Waals surface area contributed by atoms with Gasteiger partial charge in [0.1, 0.15) is 5.75 Å². The van der Waals surface area contributed by atoms with E-state index in [-0.39, 0.29) is 36.5 Å². The molecule has 0 saturated carbocycles. The van der Waals surface area contributed by atoms with Gasteiger partial charge >= 0.3 is 0 Å². The van der Waals surface area contributed by atoms with Crippen LogP contribution in [0, 0.1) is 6.92 Å². The molecule has 4 amide bonds. The number of amides is 4. The first-order valence-corrected chi connectivity index (χ1v) is 10.6. The molecule has 0 unspecified atom stereocenters. The Kier molecular flexibility index (Phi) is 5.94. The van der Waals surface area contributed by atoms with Crippen molar-refractivity contribution in [1.29, 1.82) is 0 Å². The van der Waals surface area contributed by atoms with Gasteiger partial charge in [0, 0.05) is 50.1 Å². The predicted molar refractivity (Wildman–Crippen MR) is 118 cm³/mol. The van der Waals surface area contributed by atoms with Crippen LogP contribution >= 0.6 is 0 Å². The number of hydrogen-bond donors (Lipinski definition) is 0. The summed E-state index contributed by atoms with van der Waals surface area (Å²) < 4.78 is 5.31. The van der Waals surface area contributed by atoms with Gasteiger partial charge in [0.2, 0.25) is 11.8 Å². The summed E-state index contributed by atoms with van der Waals surface area (Å²) in [6, 6.07) is 11.9. The third kappa shape index (κ3) is 4.08. The summed E-state index contributed by atoms with van der Waals surface area (Å²) in [5.41, 5.74) is 2.49. The van der Waals surface area contributed by atoms with E-state index in [9.17, 15) is 19.2 Å². The van der Waals surface area contributed by atoms with Crippen LogP contribution in [-0.2, 0) is 9.59 Å². The number of carbonyl (C=O) groups excluding carboxylic acids is 4. The molecule has 2 aromatic rings. The Morgan fingerprint density at radius 1 is 0.781 bits per heavy atom. The van der Waals surface area contributed by atoms with Crippen LogP contribution in [0.1, 0.15) is 39.1 Å². The first kappa shape index (κ1) is 21.5. The van der Waals surface area contributed by atoms with Gasteiger partial charge in [-0.3, -0.25) is 24.1 Å².